The number of rotatable bonds is 8. The van der Waals surface area contributed by atoms with Gasteiger partial charge in [0.05, 0.1) is 6.04 Å². The number of hydrogen-bond acceptors (Lipinski definition) is 4. The first-order valence-electron chi connectivity index (χ1n) is 11.6. The molecule has 0 saturated heterocycles. The van der Waals surface area contributed by atoms with Crippen molar-refractivity contribution in [2.45, 2.75) is 19.1 Å². The van der Waals surface area contributed by atoms with Crippen LogP contribution in [0.1, 0.15) is 28.4 Å². The third-order valence-electron chi connectivity index (χ3n) is 6.19. The molecule has 5 heteroatoms. The Bertz CT molecular complexity index is 1200. The number of aromatic nitrogens is 1. The van der Waals surface area contributed by atoms with Gasteiger partial charge in [0.15, 0.2) is 0 Å². The summed E-state index contributed by atoms with van der Waals surface area (Å²) in [6.07, 6.45) is 1.000. The minimum atomic E-state index is 0.144. The highest BCUT2D eigenvalue weighted by molar-refractivity contribution is 5.86. The van der Waals surface area contributed by atoms with Crippen LogP contribution in [-0.2, 0) is 13.0 Å². The first kappa shape index (κ1) is 21.6. The summed E-state index contributed by atoms with van der Waals surface area (Å²) in [5.74, 6) is 1.82. The van der Waals surface area contributed by atoms with Crippen molar-refractivity contribution in [2.75, 3.05) is 33.8 Å². The molecule has 2 heterocycles. The highest BCUT2D eigenvalue weighted by atomic mass is 16.5. The van der Waals surface area contributed by atoms with Crippen LogP contribution in [0.25, 0.3) is 10.9 Å². The van der Waals surface area contributed by atoms with Gasteiger partial charge in [0, 0.05) is 29.7 Å². The summed E-state index contributed by atoms with van der Waals surface area (Å²) in [7, 11) is 4.11. The van der Waals surface area contributed by atoms with E-state index in [2.05, 4.69) is 83.9 Å². The molecule has 170 valence electrons. The van der Waals surface area contributed by atoms with Gasteiger partial charge in [-0.15, -0.1) is 0 Å². The second-order valence-corrected chi connectivity index (χ2v) is 8.86. The van der Waals surface area contributed by atoms with Gasteiger partial charge in [0.2, 0.25) is 0 Å². The van der Waals surface area contributed by atoms with Crippen molar-refractivity contribution < 1.29 is 9.47 Å². The van der Waals surface area contributed by atoms with E-state index >= 15 is 0 Å². The maximum Gasteiger partial charge on any atom is 0.120 e. The zero-order valence-electron chi connectivity index (χ0n) is 19.3. The number of ether oxygens (including phenoxy) is 2. The van der Waals surface area contributed by atoms with Crippen LogP contribution < -0.4 is 14.8 Å². The summed E-state index contributed by atoms with van der Waals surface area (Å²) < 4.78 is 11.9. The van der Waals surface area contributed by atoms with Crippen LogP contribution in [0.5, 0.6) is 11.5 Å². The maximum absolute atomic E-state index is 6.09. The fourth-order valence-corrected chi connectivity index (χ4v) is 4.42. The van der Waals surface area contributed by atoms with Crippen molar-refractivity contribution >= 4 is 10.9 Å². The van der Waals surface area contributed by atoms with E-state index in [1.165, 1.54) is 27.8 Å². The lowest BCUT2D eigenvalue weighted by atomic mass is 9.94. The molecule has 0 radical (unpaired) electrons. The van der Waals surface area contributed by atoms with Gasteiger partial charge >= 0.3 is 0 Å². The van der Waals surface area contributed by atoms with E-state index < -0.39 is 0 Å². The van der Waals surface area contributed by atoms with Crippen molar-refractivity contribution in [3.8, 4) is 11.5 Å². The van der Waals surface area contributed by atoms with Crippen LogP contribution >= 0.6 is 0 Å². The summed E-state index contributed by atoms with van der Waals surface area (Å²) in [4.78, 5) is 5.79. The van der Waals surface area contributed by atoms with E-state index in [-0.39, 0.29) is 6.04 Å². The average Bonchev–Trinajstić information content (AvgIpc) is 3.22. The normalized spacial score (nSPS) is 15.5. The van der Waals surface area contributed by atoms with Crippen LogP contribution in [0.3, 0.4) is 0 Å². The largest absolute Gasteiger partial charge is 0.492 e. The Labute approximate surface area is 195 Å². The van der Waals surface area contributed by atoms with Gasteiger partial charge in [-0.25, -0.2) is 0 Å². The highest BCUT2D eigenvalue weighted by Gasteiger charge is 2.25. The molecule has 0 amide bonds. The Morgan fingerprint density at radius 2 is 1.70 bits per heavy atom. The number of fused-ring (bicyclic) bond motifs is 3. The van der Waals surface area contributed by atoms with Crippen molar-refractivity contribution in [1.82, 2.24) is 15.2 Å². The SMILES string of the molecule is CN(C)CCOc1ccc(C2NCCc3c2[nH]c2ccc(OCc4ccccc4)cc32)cc1. The predicted molar refractivity (Wildman–Crippen MR) is 133 cm³/mol. The number of nitrogens with one attached hydrogen (secondary N) is 2. The molecule has 0 aliphatic carbocycles. The maximum atomic E-state index is 6.09. The number of H-pyrrole nitrogens is 1. The molecule has 0 fully saturated rings. The van der Waals surface area contributed by atoms with Gasteiger partial charge in [-0.05, 0) is 67.5 Å². The van der Waals surface area contributed by atoms with Gasteiger partial charge in [-0.1, -0.05) is 42.5 Å². The molecule has 1 aliphatic heterocycles. The number of aromatic amines is 1. The van der Waals surface area contributed by atoms with E-state index in [0.717, 1.165) is 36.5 Å². The van der Waals surface area contributed by atoms with Gasteiger partial charge < -0.3 is 24.7 Å². The molecule has 0 spiro atoms. The molecule has 1 aromatic heterocycles. The fraction of sp³-hybridized carbons (Fsp3) is 0.286. The van der Waals surface area contributed by atoms with Crippen molar-refractivity contribution in [2.24, 2.45) is 0 Å². The monoisotopic (exact) mass is 441 g/mol. The van der Waals surface area contributed by atoms with Gasteiger partial charge in [0.25, 0.3) is 0 Å². The molecule has 33 heavy (non-hydrogen) atoms. The summed E-state index contributed by atoms with van der Waals surface area (Å²) in [6, 6.07) is 25.3. The molecular formula is C28H31N3O2. The number of nitrogens with zero attached hydrogens (tertiary/aromatic N) is 1. The Morgan fingerprint density at radius 1 is 0.909 bits per heavy atom. The molecule has 1 unspecified atom stereocenters. The third kappa shape index (κ3) is 4.90. The summed E-state index contributed by atoms with van der Waals surface area (Å²) in [5, 5.41) is 4.94. The minimum Gasteiger partial charge on any atom is -0.492 e. The van der Waals surface area contributed by atoms with E-state index in [1.54, 1.807) is 0 Å². The molecule has 2 N–H and O–H groups in total. The average molecular weight is 442 g/mol. The zero-order valence-corrected chi connectivity index (χ0v) is 19.3. The van der Waals surface area contributed by atoms with Gasteiger partial charge in [0.1, 0.15) is 24.7 Å². The first-order chi connectivity index (χ1) is 16.2. The quantitative estimate of drug-likeness (QED) is 0.407. The second kappa shape index (κ2) is 9.69. The van der Waals surface area contributed by atoms with Crippen molar-refractivity contribution in [1.29, 1.82) is 0 Å². The number of likely N-dealkylation sites (N-methyl/N-ethyl adjacent to an activating group) is 1. The van der Waals surface area contributed by atoms with E-state index in [0.29, 0.717) is 13.2 Å². The molecule has 5 nitrogen and oxygen atoms in total. The van der Waals surface area contributed by atoms with Gasteiger partial charge in [-0.2, -0.15) is 0 Å². The minimum absolute atomic E-state index is 0.144. The predicted octanol–water partition coefficient (Wildman–Crippen LogP) is 4.92. The van der Waals surface area contributed by atoms with Crippen LogP contribution in [-0.4, -0.2) is 43.7 Å². The fourth-order valence-electron chi connectivity index (χ4n) is 4.42. The summed E-state index contributed by atoms with van der Waals surface area (Å²) in [5.41, 5.74) is 6.20. The topological polar surface area (TPSA) is 49.5 Å². The lowest BCUT2D eigenvalue weighted by Crippen LogP contribution is -2.30. The number of benzene rings is 3. The van der Waals surface area contributed by atoms with Crippen molar-refractivity contribution in [3.05, 3.63) is 95.2 Å². The van der Waals surface area contributed by atoms with Gasteiger partial charge in [-0.3, -0.25) is 0 Å². The lowest BCUT2D eigenvalue weighted by molar-refractivity contribution is 0.261. The molecule has 4 aromatic rings. The molecule has 0 saturated carbocycles. The molecule has 3 aromatic carbocycles. The molecule has 1 aliphatic rings. The molecule has 0 bridgehead atoms. The Hall–Kier alpha value is -3.28. The first-order valence-corrected chi connectivity index (χ1v) is 11.6. The molecule has 5 rings (SSSR count). The van der Waals surface area contributed by atoms with E-state index in [4.69, 9.17) is 9.47 Å². The molecule has 1 atom stereocenters. The number of hydrogen-bond donors (Lipinski definition) is 2. The Morgan fingerprint density at radius 3 is 2.48 bits per heavy atom. The smallest absolute Gasteiger partial charge is 0.120 e. The van der Waals surface area contributed by atoms with Crippen LogP contribution in [0.4, 0.5) is 0 Å². The summed E-state index contributed by atoms with van der Waals surface area (Å²) in [6.45, 7) is 3.11. The van der Waals surface area contributed by atoms with Crippen LogP contribution in [0, 0.1) is 0 Å². The second-order valence-electron chi connectivity index (χ2n) is 8.86. The van der Waals surface area contributed by atoms with E-state index in [1.807, 2.05) is 18.2 Å². The van der Waals surface area contributed by atoms with Crippen LogP contribution in [0.15, 0.2) is 72.8 Å². The van der Waals surface area contributed by atoms with E-state index in [9.17, 15) is 0 Å². The zero-order chi connectivity index (χ0) is 22.6. The standard InChI is InChI=1S/C28H31N3O2/c1-31(2)16-17-32-22-10-8-21(9-11-22)27-28-24(14-15-29-27)25-18-23(12-13-26(25)30-28)33-19-20-6-4-3-5-7-20/h3-13,18,27,29-30H,14-17,19H2,1-2H3. The third-order valence-corrected chi connectivity index (χ3v) is 6.19. The Kier molecular flexibility index (Phi) is 6.33. The molecular weight excluding hydrogens is 410 g/mol. The Balaban J connectivity index is 1.34. The lowest BCUT2D eigenvalue weighted by Gasteiger charge is -2.25. The van der Waals surface area contributed by atoms with Crippen LogP contribution in [0.2, 0.25) is 0 Å². The van der Waals surface area contributed by atoms with Crippen molar-refractivity contribution in [3.63, 3.8) is 0 Å². The summed E-state index contributed by atoms with van der Waals surface area (Å²) >= 11 is 0. The highest BCUT2D eigenvalue weighted by Crippen LogP contribution is 2.35.